The summed E-state index contributed by atoms with van der Waals surface area (Å²) in [5.41, 5.74) is 6.45. The molecule has 0 aliphatic carbocycles. The summed E-state index contributed by atoms with van der Waals surface area (Å²) in [6.45, 7) is 3.94. The van der Waals surface area contributed by atoms with Crippen LogP contribution in [0.3, 0.4) is 0 Å². The highest BCUT2D eigenvalue weighted by Crippen LogP contribution is 2.19. The largest absolute Gasteiger partial charge is 0.383 e. The van der Waals surface area contributed by atoms with Gasteiger partial charge < -0.3 is 20.8 Å². The molecule has 0 aliphatic heterocycles. The van der Waals surface area contributed by atoms with Gasteiger partial charge in [0.05, 0.1) is 6.61 Å². The second-order valence-electron chi connectivity index (χ2n) is 5.11. The Kier molecular flexibility index (Phi) is 8.45. The molecule has 0 aliphatic rings. The molecule has 0 unspecified atom stereocenters. The number of hydrogen-bond acceptors (Lipinski definition) is 5. The summed E-state index contributed by atoms with van der Waals surface area (Å²) < 4.78 is 4.75. The van der Waals surface area contributed by atoms with E-state index in [-0.39, 0.29) is 6.54 Å². The number of ether oxygens (including phenoxy) is 1. The van der Waals surface area contributed by atoms with E-state index in [0.29, 0.717) is 23.0 Å². The molecule has 0 fully saturated rings. The monoisotopic (exact) mass is 368 g/mol. The van der Waals surface area contributed by atoms with Crippen LogP contribution in [0.4, 0.5) is 5.69 Å². The Morgan fingerprint density at radius 2 is 1.92 bits per heavy atom. The number of hydrogen-bond donors (Lipinski definition) is 4. The zero-order chi connectivity index (χ0) is 18.8. The minimum absolute atomic E-state index is 0.221. The summed E-state index contributed by atoms with van der Waals surface area (Å²) in [4.78, 5) is 34.8. The number of methoxy groups -OCH3 is 1. The number of rotatable bonds is 7. The van der Waals surface area contributed by atoms with Crippen LogP contribution in [0.25, 0.3) is 0 Å². The number of aryl methyl sites for hydroxylation is 1. The average Bonchev–Trinajstić information content (AvgIpc) is 2.56. The molecule has 8 nitrogen and oxygen atoms in total. The van der Waals surface area contributed by atoms with Crippen LogP contribution in [-0.4, -0.2) is 38.0 Å². The lowest BCUT2D eigenvalue weighted by Gasteiger charge is -2.09. The Balaban J connectivity index is 2.46. The van der Waals surface area contributed by atoms with Crippen molar-refractivity contribution in [1.29, 1.82) is 0 Å². The zero-order valence-electron chi connectivity index (χ0n) is 14.2. The molecular weight excluding hydrogens is 348 g/mol. The van der Waals surface area contributed by atoms with Gasteiger partial charge in [0, 0.05) is 36.1 Å². The molecule has 0 radical (unpaired) electrons. The van der Waals surface area contributed by atoms with Crippen LogP contribution >= 0.6 is 11.6 Å². The Morgan fingerprint density at radius 1 is 1.20 bits per heavy atom. The van der Waals surface area contributed by atoms with Crippen LogP contribution in [0.5, 0.6) is 0 Å². The quantitative estimate of drug-likeness (QED) is 0.247. The van der Waals surface area contributed by atoms with E-state index in [0.717, 1.165) is 5.56 Å². The van der Waals surface area contributed by atoms with Crippen LogP contribution in [0.15, 0.2) is 30.0 Å². The summed E-state index contributed by atoms with van der Waals surface area (Å²) in [6, 6.07) is 5.15. The molecule has 1 rings (SSSR count). The maximum Gasteiger partial charge on any atom is 0.327 e. The topological polar surface area (TPSA) is 109 Å². The number of anilines is 1. The highest BCUT2D eigenvalue weighted by Gasteiger charge is 2.12. The summed E-state index contributed by atoms with van der Waals surface area (Å²) in [5, 5.41) is 5.55. The third kappa shape index (κ3) is 7.69. The molecule has 0 heterocycles. The minimum Gasteiger partial charge on any atom is -0.383 e. The van der Waals surface area contributed by atoms with Crippen LogP contribution < -0.4 is 21.5 Å². The normalized spacial score (nSPS) is 10.8. The van der Waals surface area contributed by atoms with Gasteiger partial charge >= 0.3 is 11.8 Å². The van der Waals surface area contributed by atoms with E-state index in [1.54, 1.807) is 25.1 Å². The van der Waals surface area contributed by atoms with Gasteiger partial charge in [-0.2, -0.15) is 0 Å². The van der Waals surface area contributed by atoms with Gasteiger partial charge in [-0.05, 0) is 31.5 Å². The van der Waals surface area contributed by atoms with E-state index >= 15 is 0 Å². The van der Waals surface area contributed by atoms with Crippen molar-refractivity contribution in [1.82, 2.24) is 16.2 Å². The molecule has 0 saturated carbocycles. The van der Waals surface area contributed by atoms with Gasteiger partial charge in [-0.25, -0.2) is 0 Å². The van der Waals surface area contributed by atoms with Crippen molar-refractivity contribution in [2.24, 2.45) is 0 Å². The maximum absolute atomic E-state index is 11.9. The van der Waals surface area contributed by atoms with Crippen molar-refractivity contribution >= 4 is 35.0 Å². The van der Waals surface area contributed by atoms with Gasteiger partial charge in [0.1, 0.15) is 0 Å². The van der Waals surface area contributed by atoms with Crippen LogP contribution in [0.1, 0.15) is 12.5 Å². The molecule has 25 heavy (non-hydrogen) atoms. The summed E-state index contributed by atoms with van der Waals surface area (Å²) in [7, 11) is 1.48. The number of nitrogens with one attached hydrogen (secondary N) is 4. The predicted octanol–water partition coefficient (Wildman–Crippen LogP) is 0.874. The maximum atomic E-state index is 11.9. The SMILES string of the molecule is COCCNC(=O)C(=O)NNC(C)=CC(=O)Nc1ccc(C)c(Cl)c1. The third-order valence-electron chi connectivity index (χ3n) is 2.96. The summed E-state index contributed by atoms with van der Waals surface area (Å²) in [5.74, 6) is -2.10. The van der Waals surface area contributed by atoms with Gasteiger partial charge in [0.25, 0.3) is 0 Å². The number of benzene rings is 1. The van der Waals surface area contributed by atoms with E-state index < -0.39 is 17.7 Å². The van der Waals surface area contributed by atoms with E-state index in [2.05, 4.69) is 21.5 Å². The lowest BCUT2D eigenvalue weighted by Crippen LogP contribution is -2.46. The first kappa shape index (κ1) is 20.5. The minimum atomic E-state index is -0.880. The van der Waals surface area contributed by atoms with E-state index in [1.807, 2.05) is 6.92 Å². The average molecular weight is 369 g/mol. The molecule has 0 saturated heterocycles. The lowest BCUT2D eigenvalue weighted by atomic mass is 10.2. The lowest BCUT2D eigenvalue weighted by molar-refractivity contribution is -0.139. The first-order valence-corrected chi connectivity index (χ1v) is 7.80. The van der Waals surface area contributed by atoms with Crippen LogP contribution in [-0.2, 0) is 19.1 Å². The Bertz CT molecular complexity index is 676. The fourth-order valence-corrected chi connectivity index (χ4v) is 1.82. The summed E-state index contributed by atoms with van der Waals surface area (Å²) >= 11 is 5.99. The smallest absolute Gasteiger partial charge is 0.327 e. The van der Waals surface area contributed by atoms with Crippen molar-refractivity contribution in [2.45, 2.75) is 13.8 Å². The molecule has 136 valence electrons. The molecule has 1 aromatic carbocycles. The van der Waals surface area contributed by atoms with Crippen molar-refractivity contribution in [3.8, 4) is 0 Å². The van der Waals surface area contributed by atoms with Crippen molar-refractivity contribution in [3.05, 3.63) is 40.6 Å². The molecule has 4 N–H and O–H groups in total. The van der Waals surface area contributed by atoms with E-state index in [1.165, 1.54) is 13.2 Å². The van der Waals surface area contributed by atoms with Gasteiger partial charge in [-0.1, -0.05) is 17.7 Å². The van der Waals surface area contributed by atoms with Crippen LogP contribution in [0, 0.1) is 6.92 Å². The Labute approximate surface area is 150 Å². The number of carbonyl (C=O) groups excluding carboxylic acids is 3. The van der Waals surface area contributed by atoms with E-state index in [9.17, 15) is 14.4 Å². The summed E-state index contributed by atoms with van der Waals surface area (Å²) in [6.07, 6.45) is 1.23. The number of carbonyl (C=O) groups is 3. The molecule has 1 aromatic rings. The number of allylic oxidation sites excluding steroid dienone is 1. The second kappa shape index (κ2) is 10.3. The number of halogens is 1. The van der Waals surface area contributed by atoms with Gasteiger partial charge in [-0.15, -0.1) is 0 Å². The Hall–Kier alpha value is -2.58. The van der Waals surface area contributed by atoms with Crippen molar-refractivity contribution in [3.63, 3.8) is 0 Å². The van der Waals surface area contributed by atoms with Crippen molar-refractivity contribution in [2.75, 3.05) is 25.6 Å². The van der Waals surface area contributed by atoms with Crippen molar-refractivity contribution < 1.29 is 19.1 Å². The molecule has 9 heteroatoms. The molecule has 0 bridgehead atoms. The van der Waals surface area contributed by atoms with E-state index in [4.69, 9.17) is 16.3 Å². The predicted molar refractivity (Wildman–Crippen MR) is 94.7 cm³/mol. The second-order valence-corrected chi connectivity index (χ2v) is 5.52. The van der Waals surface area contributed by atoms with Gasteiger partial charge in [0.2, 0.25) is 5.91 Å². The molecular formula is C16H21ClN4O4. The standard InChI is InChI=1S/C16H21ClN4O4/c1-10-4-5-12(9-13(10)17)19-14(22)8-11(2)20-21-16(24)15(23)18-6-7-25-3/h4-5,8-9,20H,6-7H2,1-3H3,(H,18,23)(H,19,22)(H,21,24). The first-order chi connectivity index (χ1) is 11.8. The number of amides is 3. The third-order valence-corrected chi connectivity index (χ3v) is 3.37. The fourth-order valence-electron chi connectivity index (χ4n) is 1.64. The van der Waals surface area contributed by atoms with Crippen LogP contribution in [0.2, 0.25) is 5.02 Å². The van der Waals surface area contributed by atoms with Gasteiger partial charge in [-0.3, -0.25) is 19.8 Å². The molecule has 0 atom stereocenters. The molecule has 0 aromatic heterocycles. The molecule has 0 spiro atoms. The van der Waals surface area contributed by atoms with Gasteiger partial charge in [0.15, 0.2) is 0 Å². The number of hydrazine groups is 1. The molecule has 3 amide bonds. The Morgan fingerprint density at radius 3 is 2.56 bits per heavy atom. The highest BCUT2D eigenvalue weighted by atomic mass is 35.5. The zero-order valence-corrected chi connectivity index (χ0v) is 15.0. The fraction of sp³-hybridized carbons (Fsp3) is 0.312. The highest BCUT2D eigenvalue weighted by molar-refractivity contribution is 6.35. The first-order valence-electron chi connectivity index (χ1n) is 7.42.